The standard InChI is InChI=1S/C22H25FN4O2S/c1-3-27-16(2)22(14-24-27)30(28,29)26-13-5-6-18(15-26)21-8-4-7-20(25-21)17-9-11-19(23)12-10-17/h4,7-12,14,18H,3,5-6,13,15H2,1-2H3. The van der Waals surface area contributed by atoms with Crippen molar-refractivity contribution in [1.29, 1.82) is 0 Å². The number of benzene rings is 1. The fraction of sp³-hybridized carbons (Fsp3) is 0.364. The summed E-state index contributed by atoms with van der Waals surface area (Å²) in [5, 5.41) is 4.20. The monoisotopic (exact) mass is 428 g/mol. The lowest BCUT2D eigenvalue weighted by molar-refractivity contribution is 0.312. The first-order chi connectivity index (χ1) is 14.4. The van der Waals surface area contributed by atoms with E-state index in [2.05, 4.69) is 5.10 Å². The van der Waals surface area contributed by atoms with E-state index in [9.17, 15) is 12.8 Å². The summed E-state index contributed by atoms with van der Waals surface area (Å²) in [5.74, 6) is -0.278. The van der Waals surface area contributed by atoms with Gasteiger partial charge in [0.15, 0.2) is 0 Å². The number of nitrogens with zero attached hydrogens (tertiary/aromatic N) is 4. The Hall–Kier alpha value is -2.58. The summed E-state index contributed by atoms with van der Waals surface area (Å²) in [6.45, 7) is 5.24. The first-order valence-electron chi connectivity index (χ1n) is 10.2. The third-order valence-corrected chi connectivity index (χ3v) is 7.66. The van der Waals surface area contributed by atoms with Crippen LogP contribution >= 0.6 is 0 Å². The molecule has 1 saturated heterocycles. The van der Waals surface area contributed by atoms with E-state index in [1.807, 2.05) is 25.1 Å². The molecule has 0 bridgehead atoms. The number of hydrogen-bond acceptors (Lipinski definition) is 4. The number of halogens is 1. The largest absolute Gasteiger partial charge is 0.269 e. The predicted molar refractivity (Wildman–Crippen MR) is 113 cm³/mol. The molecular formula is C22H25FN4O2S. The summed E-state index contributed by atoms with van der Waals surface area (Å²) in [4.78, 5) is 5.04. The van der Waals surface area contributed by atoms with Crippen LogP contribution < -0.4 is 0 Å². The zero-order valence-corrected chi connectivity index (χ0v) is 17.9. The van der Waals surface area contributed by atoms with E-state index in [4.69, 9.17) is 4.98 Å². The molecule has 2 aromatic heterocycles. The summed E-state index contributed by atoms with van der Waals surface area (Å²) in [6.07, 6.45) is 3.09. The Bertz CT molecular complexity index is 1140. The lowest BCUT2D eigenvalue weighted by Gasteiger charge is -2.31. The highest BCUT2D eigenvalue weighted by molar-refractivity contribution is 7.89. The van der Waals surface area contributed by atoms with E-state index < -0.39 is 10.0 Å². The Morgan fingerprint density at radius 2 is 1.93 bits per heavy atom. The van der Waals surface area contributed by atoms with Crippen molar-refractivity contribution in [2.45, 2.75) is 44.0 Å². The average molecular weight is 429 g/mol. The van der Waals surface area contributed by atoms with E-state index >= 15 is 0 Å². The Morgan fingerprint density at radius 3 is 2.63 bits per heavy atom. The van der Waals surface area contributed by atoms with Crippen molar-refractivity contribution in [3.05, 3.63) is 65.9 Å². The van der Waals surface area contributed by atoms with Crippen LogP contribution in [0.2, 0.25) is 0 Å². The van der Waals surface area contributed by atoms with Gasteiger partial charge in [-0.25, -0.2) is 12.8 Å². The lowest BCUT2D eigenvalue weighted by Crippen LogP contribution is -2.39. The fourth-order valence-corrected chi connectivity index (χ4v) is 5.69. The summed E-state index contributed by atoms with van der Waals surface area (Å²) in [6, 6.07) is 12.0. The van der Waals surface area contributed by atoms with Gasteiger partial charge < -0.3 is 0 Å². The van der Waals surface area contributed by atoms with Crippen LogP contribution in [0, 0.1) is 12.7 Å². The van der Waals surface area contributed by atoms with Crippen molar-refractivity contribution in [3.63, 3.8) is 0 Å². The Kier molecular flexibility index (Phi) is 5.71. The van der Waals surface area contributed by atoms with Crippen LogP contribution in [0.15, 0.2) is 53.6 Å². The van der Waals surface area contributed by atoms with Gasteiger partial charge in [-0.15, -0.1) is 0 Å². The SMILES string of the molecule is CCn1ncc(S(=O)(=O)N2CCCC(c3cccc(-c4ccc(F)cc4)n3)C2)c1C. The number of aromatic nitrogens is 3. The topological polar surface area (TPSA) is 68.1 Å². The van der Waals surface area contributed by atoms with Gasteiger partial charge in [-0.3, -0.25) is 9.67 Å². The highest BCUT2D eigenvalue weighted by atomic mass is 32.2. The Morgan fingerprint density at radius 1 is 1.17 bits per heavy atom. The van der Waals surface area contributed by atoms with Gasteiger partial charge in [0.25, 0.3) is 0 Å². The molecule has 1 unspecified atom stereocenters. The molecule has 1 aromatic carbocycles. The molecule has 4 rings (SSSR count). The molecule has 30 heavy (non-hydrogen) atoms. The molecular weight excluding hydrogens is 403 g/mol. The molecule has 1 fully saturated rings. The molecule has 0 radical (unpaired) electrons. The van der Waals surface area contributed by atoms with Gasteiger partial charge in [0.05, 0.1) is 17.6 Å². The van der Waals surface area contributed by atoms with Crippen molar-refractivity contribution in [3.8, 4) is 11.3 Å². The number of aryl methyl sites for hydroxylation is 1. The fourth-order valence-electron chi connectivity index (χ4n) is 4.00. The van der Waals surface area contributed by atoms with Gasteiger partial charge in [0.1, 0.15) is 10.7 Å². The molecule has 0 amide bonds. The Labute approximate surface area is 176 Å². The van der Waals surface area contributed by atoms with Crippen LogP contribution in [0.3, 0.4) is 0 Å². The first-order valence-corrected chi connectivity index (χ1v) is 11.6. The van der Waals surface area contributed by atoms with Crippen LogP contribution in [0.25, 0.3) is 11.3 Å². The van der Waals surface area contributed by atoms with Crippen LogP contribution in [0.1, 0.15) is 37.1 Å². The lowest BCUT2D eigenvalue weighted by atomic mass is 9.95. The maximum atomic E-state index is 13.3. The highest BCUT2D eigenvalue weighted by Gasteiger charge is 2.33. The van der Waals surface area contributed by atoms with Crippen LogP contribution in [0.4, 0.5) is 4.39 Å². The van der Waals surface area contributed by atoms with Gasteiger partial charge in [0, 0.05) is 36.8 Å². The number of hydrogen-bond donors (Lipinski definition) is 0. The predicted octanol–water partition coefficient (Wildman–Crippen LogP) is 3.98. The quantitative estimate of drug-likeness (QED) is 0.616. The first kappa shape index (κ1) is 20.7. The smallest absolute Gasteiger partial charge is 0.246 e. The number of pyridine rings is 1. The molecule has 8 heteroatoms. The zero-order chi connectivity index (χ0) is 21.3. The minimum absolute atomic E-state index is 0.00968. The second kappa shape index (κ2) is 8.28. The number of rotatable bonds is 5. The Balaban J connectivity index is 1.59. The summed E-state index contributed by atoms with van der Waals surface area (Å²) < 4.78 is 43.0. The highest BCUT2D eigenvalue weighted by Crippen LogP contribution is 2.31. The second-order valence-electron chi connectivity index (χ2n) is 7.57. The maximum Gasteiger partial charge on any atom is 0.246 e. The molecule has 0 N–H and O–H groups in total. The molecule has 0 aliphatic carbocycles. The third-order valence-electron chi connectivity index (χ3n) is 5.69. The normalized spacial score (nSPS) is 17.9. The van der Waals surface area contributed by atoms with E-state index in [0.717, 1.165) is 29.8 Å². The molecule has 0 spiro atoms. The molecule has 6 nitrogen and oxygen atoms in total. The summed E-state index contributed by atoms with van der Waals surface area (Å²) >= 11 is 0. The second-order valence-corrected chi connectivity index (χ2v) is 9.47. The molecule has 1 aliphatic rings. The van der Waals surface area contributed by atoms with Gasteiger partial charge in [-0.1, -0.05) is 6.07 Å². The van der Waals surface area contributed by atoms with Gasteiger partial charge >= 0.3 is 0 Å². The van der Waals surface area contributed by atoms with E-state index in [-0.39, 0.29) is 16.6 Å². The van der Waals surface area contributed by atoms with Crippen LogP contribution in [0.5, 0.6) is 0 Å². The maximum absolute atomic E-state index is 13.3. The van der Waals surface area contributed by atoms with Crippen molar-refractivity contribution >= 4 is 10.0 Å². The van der Waals surface area contributed by atoms with Crippen molar-refractivity contribution in [2.24, 2.45) is 0 Å². The van der Waals surface area contributed by atoms with Gasteiger partial charge in [-0.05, 0) is 63.1 Å². The molecule has 158 valence electrons. The van der Waals surface area contributed by atoms with Crippen molar-refractivity contribution in [1.82, 2.24) is 19.1 Å². The molecule has 1 atom stereocenters. The summed E-state index contributed by atoms with van der Waals surface area (Å²) in [5.41, 5.74) is 3.11. The van der Waals surface area contributed by atoms with E-state index in [1.165, 1.54) is 18.3 Å². The summed E-state index contributed by atoms with van der Waals surface area (Å²) in [7, 11) is -3.61. The number of sulfonamides is 1. The van der Waals surface area contributed by atoms with Gasteiger partial charge in [-0.2, -0.15) is 9.40 Å². The van der Waals surface area contributed by atoms with E-state index in [1.54, 1.807) is 28.0 Å². The average Bonchev–Trinajstić information content (AvgIpc) is 3.15. The molecule has 3 aromatic rings. The van der Waals surface area contributed by atoms with Crippen LogP contribution in [-0.4, -0.2) is 40.6 Å². The van der Waals surface area contributed by atoms with Crippen molar-refractivity contribution in [2.75, 3.05) is 13.1 Å². The third kappa shape index (κ3) is 3.89. The molecule has 3 heterocycles. The minimum Gasteiger partial charge on any atom is -0.269 e. The molecule has 1 aliphatic heterocycles. The zero-order valence-electron chi connectivity index (χ0n) is 17.1. The van der Waals surface area contributed by atoms with Crippen molar-refractivity contribution < 1.29 is 12.8 Å². The van der Waals surface area contributed by atoms with Gasteiger partial charge in [0.2, 0.25) is 10.0 Å². The molecule has 0 saturated carbocycles. The minimum atomic E-state index is -3.61. The van der Waals surface area contributed by atoms with Crippen LogP contribution in [-0.2, 0) is 16.6 Å². The van der Waals surface area contributed by atoms with E-state index in [0.29, 0.717) is 25.3 Å². The number of piperidine rings is 1.